The molecule has 0 bridgehead atoms. The summed E-state index contributed by atoms with van der Waals surface area (Å²) in [7, 11) is 0. The van der Waals surface area contributed by atoms with Crippen molar-refractivity contribution in [3.05, 3.63) is 35.4 Å². The number of amides is 2. The van der Waals surface area contributed by atoms with Crippen LogP contribution in [0.3, 0.4) is 0 Å². The van der Waals surface area contributed by atoms with Gasteiger partial charge in [-0.25, -0.2) is 13.6 Å². The number of aliphatic hydroxyl groups excluding tert-OH is 1. The molecule has 1 unspecified atom stereocenters. The first-order valence-electron chi connectivity index (χ1n) is 5.73. The van der Waals surface area contributed by atoms with E-state index in [2.05, 4.69) is 5.32 Å². The van der Waals surface area contributed by atoms with Crippen molar-refractivity contribution in [2.24, 2.45) is 0 Å². The summed E-state index contributed by atoms with van der Waals surface area (Å²) >= 11 is 0. The van der Waals surface area contributed by atoms with Crippen molar-refractivity contribution in [2.75, 3.05) is 19.7 Å². The van der Waals surface area contributed by atoms with Crippen molar-refractivity contribution in [2.45, 2.75) is 12.5 Å². The molecule has 2 rings (SSSR count). The smallest absolute Gasteiger partial charge is 0.318 e. The maximum Gasteiger partial charge on any atom is 0.318 e. The Morgan fingerprint density at radius 2 is 2.22 bits per heavy atom. The van der Waals surface area contributed by atoms with E-state index >= 15 is 0 Å². The van der Waals surface area contributed by atoms with Crippen LogP contribution in [0.1, 0.15) is 18.0 Å². The van der Waals surface area contributed by atoms with Gasteiger partial charge in [-0.3, -0.25) is 0 Å². The summed E-state index contributed by atoms with van der Waals surface area (Å²) in [6.45, 7) is 0.738. The number of benzene rings is 1. The molecule has 1 aliphatic heterocycles. The van der Waals surface area contributed by atoms with Crippen molar-refractivity contribution < 1.29 is 18.7 Å². The number of nitrogens with zero attached hydrogens (tertiary/aromatic N) is 1. The third-order valence-electron chi connectivity index (χ3n) is 2.91. The third-order valence-corrected chi connectivity index (χ3v) is 2.91. The number of urea groups is 1. The maximum absolute atomic E-state index is 13.6. The summed E-state index contributed by atoms with van der Waals surface area (Å²) in [5, 5.41) is 11.3. The van der Waals surface area contributed by atoms with Gasteiger partial charge in [0, 0.05) is 31.3 Å². The predicted molar refractivity (Wildman–Crippen MR) is 60.9 cm³/mol. The van der Waals surface area contributed by atoms with Crippen LogP contribution in [0.15, 0.2) is 18.2 Å². The number of halogens is 2. The Labute approximate surface area is 103 Å². The van der Waals surface area contributed by atoms with Gasteiger partial charge in [0.25, 0.3) is 0 Å². The second-order valence-corrected chi connectivity index (χ2v) is 4.19. The fourth-order valence-corrected chi connectivity index (χ4v) is 2.00. The molecule has 4 nitrogen and oxygen atoms in total. The van der Waals surface area contributed by atoms with Gasteiger partial charge in [-0.05, 0) is 12.5 Å². The standard InChI is InChI=1S/C12H14F2N2O2/c13-8-2-3-9(10(14)6-8)11-7-16(4-1-5-17)12(18)15-11/h2-3,6,11,17H,1,4-5,7H2,(H,15,18). The summed E-state index contributed by atoms with van der Waals surface area (Å²) in [6, 6.07) is 2.54. The van der Waals surface area contributed by atoms with Crippen LogP contribution in [0, 0.1) is 11.6 Å². The minimum atomic E-state index is -0.663. The molecule has 2 N–H and O–H groups in total. The molecule has 1 fully saturated rings. The highest BCUT2D eigenvalue weighted by atomic mass is 19.1. The predicted octanol–water partition coefficient (Wildman–Crippen LogP) is 1.41. The molecule has 1 saturated heterocycles. The first-order chi connectivity index (χ1) is 8.61. The van der Waals surface area contributed by atoms with E-state index in [0.29, 0.717) is 19.5 Å². The average molecular weight is 256 g/mol. The SMILES string of the molecule is O=C1NC(c2ccc(F)cc2F)CN1CCCO. The highest BCUT2D eigenvalue weighted by Gasteiger charge is 2.30. The Kier molecular flexibility index (Phi) is 3.76. The van der Waals surface area contributed by atoms with Gasteiger partial charge in [-0.1, -0.05) is 6.07 Å². The van der Waals surface area contributed by atoms with Crippen LogP contribution in [0.5, 0.6) is 0 Å². The number of hydrogen-bond donors (Lipinski definition) is 2. The van der Waals surface area contributed by atoms with E-state index in [9.17, 15) is 13.6 Å². The van der Waals surface area contributed by atoms with Gasteiger partial charge in [-0.15, -0.1) is 0 Å². The number of hydrogen-bond acceptors (Lipinski definition) is 2. The van der Waals surface area contributed by atoms with E-state index in [1.54, 1.807) is 0 Å². The fraction of sp³-hybridized carbons (Fsp3) is 0.417. The summed E-state index contributed by atoms with van der Waals surface area (Å²) < 4.78 is 26.3. The van der Waals surface area contributed by atoms with Gasteiger partial charge in [0.2, 0.25) is 0 Å². The summed E-state index contributed by atoms with van der Waals surface area (Å²) in [6.07, 6.45) is 0.478. The number of carbonyl (C=O) groups excluding carboxylic acids is 1. The zero-order valence-corrected chi connectivity index (χ0v) is 9.70. The van der Waals surface area contributed by atoms with Gasteiger partial charge < -0.3 is 15.3 Å². The Morgan fingerprint density at radius 1 is 1.44 bits per heavy atom. The largest absolute Gasteiger partial charge is 0.396 e. The van der Waals surface area contributed by atoms with Crippen LogP contribution >= 0.6 is 0 Å². The average Bonchev–Trinajstić information content (AvgIpc) is 2.68. The zero-order chi connectivity index (χ0) is 13.1. The van der Waals surface area contributed by atoms with E-state index < -0.39 is 17.7 Å². The topological polar surface area (TPSA) is 52.6 Å². The summed E-state index contributed by atoms with van der Waals surface area (Å²) in [4.78, 5) is 13.1. The number of nitrogens with one attached hydrogen (secondary N) is 1. The minimum Gasteiger partial charge on any atom is -0.396 e. The van der Waals surface area contributed by atoms with Crippen molar-refractivity contribution in [1.82, 2.24) is 10.2 Å². The molecule has 0 saturated carbocycles. The lowest BCUT2D eigenvalue weighted by Gasteiger charge is -2.14. The van der Waals surface area contributed by atoms with Gasteiger partial charge in [0.15, 0.2) is 0 Å². The Bertz CT molecular complexity index is 454. The van der Waals surface area contributed by atoms with Crippen LogP contribution in [0.25, 0.3) is 0 Å². The highest BCUT2D eigenvalue weighted by Crippen LogP contribution is 2.23. The van der Waals surface area contributed by atoms with Crippen molar-refractivity contribution in [1.29, 1.82) is 0 Å². The van der Waals surface area contributed by atoms with E-state index in [-0.39, 0.29) is 18.2 Å². The van der Waals surface area contributed by atoms with Gasteiger partial charge in [0.05, 0.1) is 6.04 Å². The summed E-state index contributed by atoms with van der Waals surface area (Å²) in [5.74, 6) is -1.30. The van der Waals surface area contributed by atoms with Crippen molar-refractivity contribution in [3.63, 3.8) is 0 Å². The normalized spacial score (nSPS) is 19.2. The Hall–Kier alpha value is -1.69. The molecule has 0 spiro atoms. The first kappa shape index (κ1) is 12.8. The lowest BCUT2D eigenvalue weighted by molar-refractivity contribution is 0.209. The molecule has 0 aromatic heterocycles. The van der Waals surface area contributed by atoms with Crippen LogP contribution < -0.4 is 5.32 Å². The molecular formula is C12H14F2N2O2. The Balaban J connectivity index is 2.09. The first-order valence-corrected chi connectivity index (χ1v) is 5.73. The molecule has 98 valence electrons. The number of carbonyl (C=O) groups is 1. The summed E-state index contributed by atoms with van der Waals surface area (Å²) in [5.41, 5.74) is 0.274. The van der Waals surface area contributed by atoms with Gasteiger partial charge in [0.1, 0.15) is 11.6 Å². The van der Waals surface area contributed by atoms with Crippen LogP contribution in [-0.2, 0) is 0 Å². The molecule has 1 aromatic rings. The maximum atomic E-state index is 13.6. The molecule has 6 heteroatoms. The number of aliphatic hydroxyl groups is 1. The lowest BCUT2D eigenvalue weighted by atomic mass is 10.1. The molecule has 1 heterocycles. The van der Waals surface area contributed by atoms with E-state index in [0.717, 1.165) is 6.07 Å². The lowest BCUT2D eigenvalue weighted by Crippen LogP contribution is -2.29. The van der Waals surface area contributed by atoms with E-state index in [4.69, 9.17) is 5.11 Å². The molecule has 1 aliphatic rings. The molecule has 0 aliphatic carbocycles. The fourth-order valence-electron chi connectivity index (χ4n) is 2.00. The van der Waals surface area contributed by atoms with Crippen molar-refractivity contribution in [3.8, 4) is 0 Å². The monoisotopic (exact) mass is 256 g/mol. The van der Waals surface area contributed by atoms with Crippen molar-refractivity contribution >= 4 is 6.03 Å². The molecule has 2 amide bonds. The number of rotatable bonds is 4. The van der Waals surface area contributed by atoms with Gasteiger partial charge >= 0.3 is 6.03 Å². The van der Waals surface area contributed by atoms with E-state index in [1.807, 2.05) is 0 Å². The quantitative estimate of drug-likeness (QED) is 0.856. The second kappa shape index (κ2) is 5.30. The van der Waals surface area contributed by atoms with Crippen LogP contribution in [0.4, 0.5) is 13.6 Å². The highest BCUT2D eigenvalue weighted by molar-refractivity contribution is 5.77. The van der Waals surface area contributed by atoms with Crippen LogP contribution in [0.2, 0.25) is 0 Å². The minimum absolute atomic E-state index is 0.000639. The third kappa shape index (κ3) is 2.59. The Morgan fingerprint density at radius 3 is 2.89 bits per heavy atom. The molecule has 18 heavy (non-hydrogen) atoms. The van der Waals surface area contributed by atoms with Crippen LogP contribution in [-0.4, -0.2) is 35.7 Å². The van der Waals surface area contributed by atoms with E-state index in [1.165, 1.54) is 17.0 Å². The molecule has 1 aromatic carbocycles. The molecular weight excluding hydrogens is 242 g/mol. The van der Waals surface area contributed by atoms with Gasteiger partial charge in [-0.2, -0.15) is 0 Å². The molecule has 1 atom stereocenters. The zero-order valence-electron chi connectivity index (χ0n) is 9.70. The second-order valence-electron chi connectivity index (χ2n) is 4.19. The molecule has 0 radical (unpaired) electrons.